The number of ether oxygens (including phenoxy) is 1. The van der Waals surface area contributed by atoms with Gasteiger partial charge in [-0.3, -0.25) is 0 Å². The number of rotatable bonds is 3. The van der Waals surface area contributed by atoms with E-state index in [4.69, 9.17) is 4.74 Å². The summed E-state index contributed by atoms with van der Waals surface area (Å²) in [5, 5.41) is 5.67. The number of hydrogen-bond acceptors (Lipinski definition) is 3. The molecule has 2 atom stereocenters. The molecule has 2 heterocycles. The molecule has 2 amide bonds. The van der Waals surface area contributed by atoms with E-state index in [-0.39, 0.29) is 30.5 Å². The summed E-state index contributed by atoms with van der Waals surface area (Å²) in [6, 6.07) is 9.63. The van der Waals surface area contributed by atoms with Gasteiger partial charge in [0.05, 0.1) is 23.6 Å². The van der Waals surface area contributed by atoms with E-state index in [1.807, 2.05) is 32.0 Å². The Kier molecular flexibility index (Phi) is 3.99. The van der Waals surface area contributed by atoms with E-state index in [0.29, 0.717) is 11.6 Å². The highest BCUT2D eigenvalue weighted by Crippen LogP contribution is 2.36. The number of imidazole rings is 1. The zero-order chi connectivity index (χ0) is 18.3. The fourth-order valence-electron chi connectivity index (χ4n) is 3.20. The predicted molar refractivity (Wildman–Crippen MR) is 95.4 cm³/mol. The largest absolute Gasteiger partial charge is 0.488 e. The Morgan fingerprint density at radius 3 is 3.00 bits per heavy atom. The third-order valence-electron chi connectivity index (χ3n) is 4.48. The Morgan fingerprint density at radius 2 is 2.15 bits per heavy atom. The van der Waals surface area contributed by atoms with Crippen molar-refractivity contribution in [3.63, 3.8) is 0 Å². The topological polar surface area (TPSA) is 79.0 Å². The fraction of sp³-hybridized carbons (Fsp3) is 0.263. The van der Waals surface area contributed by atoms with Gasteiger partial charge in [0.2, 0.25) is 0 Å². The van der Waals surface area contributed by atoms with E-state index in [9.17, 15) is 9.18 Å². The minimum atomic E-state index is -0.360. The number of aromatic nitrogens is 2. The number of aromatic amines is 1. The Hall–Kier alpha value is -3.09. The highest BCUT2D eigenvalue weighted by Gasteiger charge is 2.32. The number of hydrogen-bond donors (Lipinski definition) is 3. The molecule has 26 heavy (non-hydrogen) atoms. The first-order valence-corrected chi connectivity index (χ1v) is 8.45. The number of fused-ring (bicyclic) bond motifs is 2. The summed E-state index contributed by atoms with van der Waals surface area (Å²) in [4.78, 5) is 19.9. The molecule has 4 rings (SSSR count). The smallest absolute Gasteiger partial charge is 0.315 e. The highest BCUT2D eigenvalue weighted by molar-refractivity contribution is 5.77. The molecule has 3 aromatic rings. The molecule has 1 aliphatic heterocycles. The molecular formula is C19H19FN4O2. The van der Waals surface area contributed by atoms with Crippen molar-refractivity contribution in [1.29, 1.82) is 0 Å². The van der Waals surface area contributed by atoms with E-state index >= 15 is 0 Å². The van der Waals surface area contributed by atoms with E-state index in [1.54, 1.807) is 6.07 Å². The molecule has 2 unspecified atom stereocenters. The summed E-state index contributed by atoms with van der Waals surface area (Å²) < 4.78 is 18.9. The van der Waals surface area contributed by atoms with Gasteiger partial charge in [-0.05, 0) is 37.6 Å². The Bertz CT molecular complexity index is 985. The van der Waals surface area contributed by atoms with Crippen LogP contribution in [0.3, 0.4) is 0 Å². The maximum Gasteiger partial charge on any atom is 0.315 e. The van der Waals surface area contributed by atoms with Crippen LogP contribution in [0.25, 0.3) is 11.0 Å². The molecule has 1 aromatic heterocycles. The second kappa shape index (κ2) is 6.33. The van der Waals surface area contributed by atoms with Crippen molar-refractivity contribution in [1.82, 2.24) is 20.6 Å². The quantitative estimate of drug-likeness (QED) is 0.675. The van der Waals surface area contributed by atoms with Gasteiger partial charge >= 0.3 is 6.03 Å². The first-order valence-electron chi connectivity index (χ1n) is 8.45. The van der Waals surface area contributed by atoms with Crippen LogP contribution in [0, 0.1) is 12.7 Å². The number of H-pyrrole nitrogens is 1. The molecule has 0 fully saturated rings. The van der Waals surface area contributed by atoms with Crippen molar-refractivity contribution in [3.05, 3.63) is 59.2 Å². The van der Waals surface area contributed by atoms with Crippen molar-refractivity contribution in [2.75, 3.05) is 0 Å². The lowest BCUT2D eigenvalue weighted by Gasteiger charge is -2.17. The second-order valence-corrected chi connectivity index (χ2v) is 6.51. The summed E-state index contributed by atoms with van der Waals surface area (Å²) in [5.74, 6) is 0.788. The number of urea groups is 1. The normalized spacial score (nSPS) is 18.4. The first kappa shape index (κ1) is 16.4. The van der Waals surface area contributed by atoms with Crippen molar-refractivity contribution in [2.24, 2.45) is 0 Å². The lowest BCUT2D eigenvalue weighted by atomic mass is 10.0. The molecule has 0 radical (unpaired) electrons. The molecule has 0 aliphatic carbocycles. The van der Waals surface area contributed by atoms with Crippen LogP contribution in [0.1, 0.15) is 29.9 Å². The van der Waals surface area contributed by atoms with E-state index in [1.165, 1.54) is 12.1 Å². The van der Waals surface area contributed by atoms with Gasteiger partial charge in [-0.15, -0.1) is 0 Å². The van der Waals surface area contributed by atoms with Crippen LogP contribution in [0.15, 0.2) is 36.4 Å². The lowest BCUT2D eigenvalue weighted by molar-refractivity contribution is 0.199. The van der Waals surface area contributed by atoms with Crippen LogP contribution in [-0.2, 0) is 6.54 Å². The molecule has 6 nitrogen and oxygen atoms in total. The summed E-state index contributed by atoms with van der Waals surface area (Å²) in [7, 11) is 0. The molecular weight excluding hydrogens is 335 g/mol. The Balaban J connectivity index is 1.41. The maximum atomic E-state index is 13.3. The van der Waals surface area contributed by atoms with Crippen LogP contribution in [0.2, 0.25) is 0 Å². The first-order chi connectivity index (χ1) is 12.5. The molecule has 0 bridgehead atoms. The molecule has 3 N–H and O–H groups in total. The molecule has 0 saturated heterocycles. The highest BCUT2D eigenvalue weighted by atomic mass is 19.1. The monoisotopic (exact) mass is 354 g/mol. The number of aryl methyl sites for hydroxylation is 1. The third-order valence-corrected chi connectivity index (χ3v) is 4.48. The molecule has 7 heteroatoms. The minimum Gasteiger partial charge on any atom is -0.488 e. The number of halogens is 1. The van der Waals surface area contributed by atoms with Crippen LogP contribution >= 0.6 is 0 Å². The van der Waals surface area contributed by atoms with E-state index in [0.717, 1.165) is 22.2 Å². The second-order valence-electron chi connectivity index (χ2n) is 6.51. The molecule has 0 saturated carbocycles. The van der Waals surface area contributed by atoms with Gasteiger partial charge in [-0.25, -0.2) is 14.2 Å². The molecule has 2 aromatic carbocycles. The zero-order valence-corrected chi connectivity index (χ0v) is 14.5. The average Bonchev–Trinajstić information content (AvgIpc) is 3.13. The maximum absolute atomic E-state index is 13.3. The third kappa shape index (κ3) is 3.08. The number of nitrogens with zero attached hydrogens (tertiary/aromatic N) is 1. The standard InChI is InChI=1S/C19H19FN4O2/c1-10-3-6-14-15(7-10)23-17(22-14)9-21-19(25)24-18-11(2)26-16-8-12(20)4-5-13(16)18/h3-8,11,18H,9H2,1-2H3,(H,22,23)(H2,21,24,25). The van der Waals surface area contributed by atoms with Crippen LogP contribution in [0.5, 0.6) is 5.75 Å². The Morgan fingerprint density at radius 1 is 1.31 bits per heavy atom. The molecule has 0 spiro atoms. The van der Waals surface area contributed by atoms with Gasteiger partial charge in [0, 0.05) is 11.6 Å². The Labute approximate surface area is 149 Å². The van der Waals surface area contributed by atoms with E-state index < -0.39 is 0 Å². The zero-order valence-electron chi connectivity index (χ0n) is 14.5. The van der Waals surface area contributed by atoms with Crippen LogP contribution < -0.4 is 15.4 Å². The number of benzene rings is 2. The van der Waals surface area contributed by atoms with Crippen molar-refractivity contribution < 1.29 is 13.9 Å². The summed E-state index contributed by atoms with van der Waals surface area (Å²) >= 11 is 0. The van der Waals surface area contributed by atoms with Crippen molar-refractivity contribution >= 4 is 17.1 Å². The number of carbonyl (C=O) groups excluding carboxylic acids is 1. The minimum absolute atomic E-state index is 0.272. The van der Waals surface area contributed by atoms with Gasteiger partial charge in [0.1, 0.15) is 23.5 Å². The lowest BCUT2D eigenvalue weighted by Crippen LogP contribution is -2.40. The van der Waals surface area contributed by atoms with Crippen LogP contribution in [-0.4, -0.2) is 22.1 Å². The fourth-order valence-corrected chi connectivity index (χ4v) is 3.20. The SMILES string of the molecule is Cc1ccc2nc(CNC(=O)NC3c4ccc(F)cc4OC3C)[nH]c2c1. The van der Waals surface area contributed by atoms with Gasteiger partial charge in [-0.2, -0.15) is 0 Å². The van der Waals surface area contributed by atoms with Gasteiger partial charge in [0.15, 0.2) is 0 Å². The number of nitrogens with one attached hydrogen (secondary N) is 3. The van der Waals surface area contributed by atoms with Crippen LogP contribution in [0.4, 0.5) is 9.18 Å². The van der Waals surface area contributed by atoms with Crippen molar-refractivity contribution in [2.45, 2.75) is 32.5 Å². The summed E-state index contributed by atoms with van der Waals surface area (Å²) in [5.41, 5.74) is 3.72. The molecule has 134 valence electrons. The van der Waals surface area contributed by atoms with Gasteiger partial charge < -0.3 is 20.4 Å². The van der Waals surface area contributed by atoms with Gasteiger partial charge in [0.25, 0.3) is 0 Å². The molecule has 1 aliphatic rings. The van der Waals surface area contributed by atoms with Gasteiger partial charge in [-0.1, -0.05) is 12.1 Å². The summed E-state index contributed by atoms with van der Waals surface area (Å²) in [6.07, 6.45) is -0.272. The number of carbonyl (C=O) groups is 1. The number of amides is 2. The van der Waals surface area contributed by atoms with Crippen molar-refractivity contribution in [3.8, 4) is 5.75 Å². The average molecular weight is 354 g/mol. The summed E-state index contributed by atoms with van der Waals surface area (Å²) in [6.45, 7) is 4.13. The predicted octanol–water partition coefficient (Wildman–Crippen LogP) is 3.33. The van der Waals surface area contributed by atoms with E-state index in [2.05, 4.69) is 20.6 Å².